The number of alkyl halides is 3. The molecule has 1 aliphatic carbocycles. The molecule has 0 bridgehead atoms. The lowest BCUT2D eigenvalue weighted by Crippen LogP contribution is -2.17. The zero-order valence-corrected chi connectivity index (χ0v) is 15.1. The summed E-state index contributed by atoms with van der Waals surface area (Å²) in [5, 5.41) is 6.81. The van der Waals surface area contributed by atoms with Gasteiger partial charge in [-0.15, -0.1) is 18.3 Å². The molecule has 0 aliphatic heterocycles. The van der Waals surface area contributed by atoms with E-state index in [4.69, 9.17) is 0 Å². The van der Waals surface area contributed by atoms with Crippen LogP contribution in [0.2, 0.25) is 0 Å². The molecule has 5 nitrogen and oxygen atoms in total. The molecule has 2 unspecified atom stereocenters. The second kappa shape index (κ2) is 7.18. The third-order valence-corrected chi connectivity index (χ3v) is 4.50. The Bertz CT molecular complexity index is 1020. The van der Waals surface area contributed by atoms with Crippen molar-refractivity contribution in [1.29, 1.82) is 0 Å². The van der Waals surface area contributed by atoms with Crippen LogP contribution in [0.1, 0.15) is 17.9 Å². The Labute approximate surface area is 163 Å². The van der Waals surface area contributed by atoms with Gasteiger partial charge in [0.2, 0.25) is 0 Å². The Hall–Kier alpha value is -3.03. The molecule has 1 aliphatic rings. The zero-order chi connectivity index (χ0) is 19.7. The highest BCUT2D eigenvalue weighted by Crippen LogP contribution is 2.43. The minimum absolute atomic E-state index is 0.227. The van der Waals surface area contributed by atoms with E-state index in [2.05, 4.69) is 37.2 Å². The molecule has 0 radical (unpaired) electrons. The number of nitrogens with zero attached hydrogens (tertiary/aromatic N) is 4. The lowest BCUT2D eigenvalue weighted by molar-refractivity contribution is -0.274. The highest BCUT2D eigenvalue weighted by atomic mass is 32.1. The van der Waals surface area contributed by atoms with Crippen LogP contribution in [0, 0.1) is 0 Å². The molecule has 142 valence electrons. The van der Waals surface area contributed by atoms with Gasteiger partial charge in [0.15, 0.2) is 5.82 Å². The molecule has 1 heterocycles. The van der Waals surface area contributed by atoms with E-state index >= 15 is 0 Å². The topological polar surface area (TPSA) is 52.3 Å². The largest absolute Gasteiger partial charge is 0.573 e. The van der Waals surface area contributed by atoms with Crippen molar-refractivity contribution in [2.75, 3.05) is 0 Å². The summed E-state index contributed by atoms with van der Waals surface area (Å²) in [6, 6.07) is 13.6. The third kappa shape index (κ3) is 4.11. The van der Waals surface area contributed by atoms with Gasteiger partial charge in [-0.1, -0.05) is 24.3 Å². The van der Waals surface area contributed by atoms with Crippen molar-refractivity contribution in [2.24, 2.45) is 4.99 Å². The van der Waals surface area contributed by atoms with Gasteiger partial charge < -0.3 is 4.74 Å². The smallest absolute Gasteiger partial charge is 0.406 e. The SMILES string of the molecule is FC(F)(F)Oc1ccc(-n2cnc(-c3ccc(C4CC4N=C=S)cc3)n2)cc1. The van der Waals surface area contributed by atoms with Crippen molar-refractivity contribution >= 4 is 17.4 Å². The number of hydrogen-bond acceptors (Lipinski definition) is 5. The van der Waals surface area contributed by atoms with Gasteiger partial charge in [0, 0.05) is 11.5 Å². The van der Waals surface area contributed by atoms with E-state index in [1.807, 2.05) is 24.3 Å². The summed E-state index contributed by atoms with van der Waals surface area (Å²) >= 11 is 4.64. The number of isothiocyanates is 1. The molecule has 2 aromatic carbocycles. The van der Waals surface area contributed by atoms with Crippen LogP contribution in [0.3, 0.4) is 0 Å². The van der Waals surface area contributed by atoms with Crippen LogP contribution >= 0.6 is 12.2 Å². The van der Waals surface area contributed by atoms with E-state index in [-0.39, 0.29) is 11.8 Å². The first kappa shape index (κ1) is 18.3. The van der Waals surface area contributed by atoms with Gasteiger partial charge in [0.1, 0.15) is 12.1 Å². The van der Waals surface area contributed by atoms with Crippen LogP contribution < -0.4 is 4.74 Å². The number of ether oxygens (including phenoxy) is 1. The lowest BCUT2D eigenvalue weighted by atomic mass is 10.1. The second-order valence-corrected chi connectivity index (χ2v) is 6.49. The first-order chi connectivity index (χ1) is 13.4. The zero-order valence-electron chi connectivity index (χ0n) is 14.3. The van der Waals surface area contributed by atoms with Gasteiger partial charge >= 0.3 is 6.36 Å². The number of rotatable bonds is 5. The maximum Gasteiger partial charge on any atom is 0.573 e. The van der Waals surface area contributed by atoms with Crippen LogP contribution in [0.15, 0.2) is 59.9 Å². The molecule has 0 spiro atoms. The van der Waals surface area contributed by atoms with Crippen LogP contribution in [-0.4, -0.2) is 32.3 Å². The fourth-order valence-corrected chi connectivity index (χ4v) is 3.09. The fourth-order valence-electron chi connectivity index (χ4n) is 2.95. The number of benzene rings is 2. The predicted molar refractivity (Wildman–Crippen MR) is 99.7 cm³/mol. The van der Waals surface area contributed by atoms with Crippen molar-refractivity contribution in [3.63, 3.8) is 0 Å². The molecule has 4 rings (SSSR count). The van der Waals surface area contributed by atoms with Crippen molar-refractivity contribution in [2.45, 2.75) is 24.7 Å². The molecule has 0 amide bonds. The van der Waals surface area contributed by atoms with Crippen LogP contribution in [-0.2, 0) is 0 Å². The minimum atomic E-state index is -4.72. The number of halogens is 3. The van der Waals surface area contributed by atoms with Crippen LogP contribution in [0.5, 0.6) is 5.75 Å². The summed E-state index contributed by atoms with van der Waals surface area (Å²) in [6.07, 6.45) is -2.23. The monoisotopic (exact) mass is 402 g/mol. The number of hydrogen-bond donors (Lipinski definition) is 0. The summed E-state index contributed by atoms with van der Waals surface area (Å²) in [4.78, 5) is 8.38. The number of aliphatic imine (C=N–C) groups is 1. The predicted octanol–water partition coefficient (Wildman–Crippen LogP) is 4.79. The van der Waals surface area contributed by atoms with E-state index in [0.717, 1.165) is 12.0 Å². The Morgan fingerprint density at radius 3 is 2.46 bits per heavy atom. The van der Waals surface area contributed by atoms with Crippen molar-refractivity contribution in [3.8, 4) is 22.8 Å². The van der Waals surface area contributed by atoms with Gasteiger partial charge in [0.25, 0.3) is 0 Å². The van der Waals surface area contributed by atoms with Gasteiger partial charge in [-0.3, -0.25) is 0 Å². The molecule has 1 aromatic heterocycles. The number of thiocarbonyl (C=S) groups is 1. The highest BCUT2D eigenvalue weighted by molar-refractivity contribution is 7.78. The molecule has 28 heavy (non-hydrogen) atoms. The standard InChI is InChI=1S/C19H13F3N4OS/c20-19(21,22)27-15-7-5-14(6-8-15)26-10-23-18(25-26)13-3-1-12(2-4-13)16-9-17(16)24-11-28/h1-8,10,16-17H,9H2. The minimum Gasteiger partial charge on any atom is -0.406 e. The third-order valence-electron chi connectivity index (χ3n) is 4.40. The van der Waals surface area contributed by atoms with Gasteiger partial charge in [-0.2, -0.15) is 0 Å². The highest BCUT2D eigenvalue weighted by Gasteiger charge is 2.38. The van der Waals surface area contributed by atoms with Crippen LogP contribution in [0.4, 0.5) is 13.2 Å². The molecule has 0 N–H and O–H groups in total. The normalized spacial score (nSPS) is 18.4. The fraction of sp³-hybridized carbons (Fsp3) is 0.211. The van der Waals surface area contributed by atoms with E-state index < -0.39 is 6.36 Å². The molecule has 2 atom stereocenters. The van der Waals surface area contributed by atoms with Gasteiger partial charge in [-0.05, 0) is 48.5 Å². The van der Waals surface area contributed by atoms with E-state index in [1.165, 1.54) is 40.8 Å². The first-order valence-electron chi connectivity index (χ1n) is 8.38. The molecular weight excluding hydrogens is 389 g/mol. The van der Waals surface area contributed by atoms with Gasteiger partial charge in [0.05, 0.1) is 16.9 Å². The summed E-state index contributed by atoms with van der Waals surface area (Å²) in [7, 11) is 0. The quantitative estimate of drug-likeness (QED) is 0.455. The Morgan fingerprint density at radius 1 is 1.11 bits per heavy atom. The Kier molecular flexibility index (Phi) is 4.70. The maximum absolute atomic E-state index is 12.2. The lowest BCUT2D eigenvalue weighted by Gasteiger charge is -2.09. The van der Waals surface area contributed by atoms with Crippen molar-refractivity contribution < 1.29 is 17.9 Å². The summed E-state index contributed by atoms with van der Waals surface area (Å²) < 4.78 is 42.1. The molecule has 1 fully saturated rings. The van der Waals surface area contributed by atoms with Gasteiger partial charge in [-0.25, -0.2) is 14.7 Å². The Morgan fingerprint density at radius 2 is 1.82 bits per heavy atom. The summed E-state index contributed by atoms with van der Waals surface area (Å²) in [6.45, 7) is 0. The molecular formula is C19H13F3N4OS. The van der Waals surface area contributed by atoms with Crippen LogP contribution in [0.25, 0.3) is 17.1 Å². The maximum atomic E-state index is 12.2. The summed E-state index contributed by atoms with van der Waals surface area (Å²) in [5.74, 6) is 0.613. The molecule has 9 heteroatoms. The molecule has 0 saturated heterocycles. The van der Waals surface area contributed by atoms with Crippen molar-refractivity contribution in [1.82, 2.24) is 14.8 Å². The second-order valence-electron chi connectivity index (χ2n) is 6.31. The van der Waals surface area contributed by atoms with E-state index in [1.54, 1.807) is 0 Å². The molecule has 1 saturated carbocycles. The Balaban J connectivity index is 1.48. The first-order valence-corrected chi connectivity index (χ1v) is 8.79. The van der Waals surface area contributed by atoms with Crippen molar-refractivity contribution in [3.05, 3.63) is 60.4 Å². The summed E-state index contributed by atoms with van der Waals surface area (Å²) in [5.41, 5.74) is 2.60. The average molecular weight is 402 g/mol. The van der Waals surface area contributed by atoms with E-state index in [0.29, 0.717) is 17.4 Å². The number of aromatic nitrogens is 3. The molecule has 3 aromatic rings. The average Bonchev–Trinajstić information content (AvgIpc) is 3.25. The van der Waals surface area contributed by atoms with E-state index in [9.17, 15) is 13.2 Å².